The second kappa shape index (κ2) is 7.25. The molecule has 8 heteroatoms. The number of nitrogens with one attached hydrogen (secondary N) is 1. The van der Waals surface area contributed by atoms with Gasteiger partial charge in [-0.2, -0.15) is 0 Å². The van der Waals surface area contributed by atoms with E-state index >= 15 is 0 Å². The van der Waals surface area contributed by atoms with Gasteiger partial charge in [-0.15, -0.1) is 11.3 Å². The molecule has 0 bridgehead atoms. The van der Waals surface area contributed by atoms with Gasteiger partial charge in [0.2, 0.25) is 10.0 Å². The number of carbonyl (C=O) groups is 1. The van der Waals surface area contributed by atoms with Crippen molar-refractivity contribution < 1.29 is 18.3 Å². The van der Waals surface area contributed by atoms with Gasteiger partial charge in [-0.1, -0.05) is 24.3 Å². The maximum atomic E-state index is 12.3. The number of rotatable bonds is 6. The minimum Gasteiger partial charge on any atom is -0.477 e. The Morgan fingerprint density at radius 3 is 2.76 bits per heavy atom. The van der Waals surface area contributed by atoms with Crippen LogP contribution in [0.1, 0.15) is 27.7 Å². The first-order valence-corrected chi connectivity index (χ1v) is 10.4. The molecule has 0 fully saturated rings. The first-order valence-electron chi connectivity index (χ1n) is 7.99. The summed E-state index contributed by atoms with van der Waals surface area (Å²) in [7, 11) is -3.70. The number of thiophene rings is 1. The predicted molar refractivity (Wildman–Crippen MR) is 96.5 cm³/mol. The van der Waals surface area contributed by atoms with Crippen LogP contribution in [-0.4, -0.2) is 43.5 Å². The second-order valence-corrected chi connectivity index (χ2v) is 8.82. The summed E-state index contributed by atoms with van der Waals surface area (Å²) in [5.74, 6) is -1.12. The molecule has 0 radical (unpaired) electrons. The highest BCUT2D eigenvalue weighted by molar-refractivity contribution is 7.89. The van der Waals surface area contributed by atoms with Crippen LogP contribution in [0, 0.1) is 0 Å². The highest BCUT2D eigenvalue weighted by Gasteiger charge is 2.23. The maximum Gasteiger partial charge on any atom is 0.345 e. The molecule has 1 atom stereocenters. The Bertz CT molecular complexity index is 876. The summed E-state index contributed by atoms with van der Waals surface area (Å²) < 4.78 is 27.3. The van der Waals surface area contributed by atoms with Crippen molar-refractivity contribution in [3.8, 4) is 0 Å². The first-order chi connectivity index (χ1) is 11.9. The lowest BCUT2D eigenvalue weighted by atomic mass is 9.99. The molecule has 3 rings (SSSR count). The molecule has 25 heavy (non-hydrogen) atoms. The lowest BCUT2D eigenvalue weighted by Gasteiger charge is -2.33. The fraction of sp³-hybridized carbons (Fsp3) is 0.353. The molecule has 0 amide bonds. The van der Waals surface area contributed by atoms with E-state index in [9.17, 15) is 13.2 Å². The molecule has 2 N–H and O–H groups in total. The summed E-state index contributed by atoms with van der Waals surface area (Å²) in [6, 6.07) is 9.54. The van der Waals surface area contributed by atoms with Crippen molar-refractivity contribution >= 4 is 27.3 Å². The van der Waals surface area contributed by atoms with Gasteiger partial charge in [-0.25, -0.2) is 17.9 Å². The van der Waals surface area contributed by atoms with E-state index < -0.39 is 16.0 Å². The van der Waals surface area contributed by atoms with Gasteiger partial charge in [0.25, 0.3) is 0 Å². The van der Waals surface area contributed by atoms with Crippen molar-refractivity contribution in [1.82, 2.24) is 9.62 Å². The lowest BCUT2D eigenvalue weighted by molar-refractivity contribution is 0.0702. The van der Waals surface area contributed by atoms with Crippen LogP contribution in [0.2, 0.25) is 0 Å². The molecule has 1 aromatic heterocycles. The normalized spacial score (nSPS) is 16.4. The van der Waals surface area contributed by atoms with Crippen LogP contribution >= 0.6 is 11.3 Å². The third-order valence-electron chi connectivity index (χ3n) is 4.45. The Kier molecular flexibility index (Phi) is 5.24. The van der Waals surface area contributed by atoms with E-state index in [2.05, 4.69) is 21.8 Å². The molecule has 1 aliphatic heterocycles. The lowest BCUT2D eigenvalue weighted by Crippen LogP contribution is -2.44. The molecule has 6 nitrogen and oxygen atoms in total. The number of hydrogen-bond donors (Lipinski definition) is 2. The van der Waals surface area contributed by atoms with Gasteiger partial charge in [0, 0.05) is 31.1 Å². The fourth-order valence-corrected chi connectivity index (χ4v) is 5.14. The molecule has 1 aromatic carbocycles. The monoisotopic (exact) mass is 380 g/mol. The molecule has 0 saturated carbocycles. The molecule has 1 unspecified atom stereocenters. The number of fused-ring (bicyclic) bond motifs is 1. The van der Waals surface area contributed by atoms with Crippen molar-refractivity contribution in [2.45, 2.75) is 30.8 Å². The maximum absolute atomic E-state index is 12.3. The van der Waals surface area contributed by atoms with E-state index in [0.717, 1.165) is 30.8 Å². The Labute approximate surface area is 151 Å². The Hall–Kier alpha value is -1.74. The molecule has 0 aliphatic carbocycles. The summed E-state index contributed by atoms with van der Waals surface area (Å²) >= 11 is 0.910. The first kappa shape index (κ1) is 18.1. The van der Waals surface area contributed by atoms with Crippen LogP contribution < -0.4 is 4.72 Å². The standard InChI is InChI=1S/C17H20N2O4S2/c1-12(19-7-6-13-4-2-3-5-14(13)10-19)9-18-25(22,23)15-8-16(17(20)21)24-11-15/h2-5,8,11-12,18H,6-7,9-10H2,1H3,(H,20,21). The number of aromatic carboxylic acids is 1. The Morgan fingerprint density at radius 2 is 2.08 bits per heavy atom. The van der Waals surface area contributed by atoms with E-state index in [1.807, 2.05) is 19.1 Å². The van der Waals surface area contributed by atoms with Gasteiger partial charge in [0.1, 0.15) is 4.88 Å². The van der Waals surface area contributed by atoms with Crippen molar-refractivity contribution in [1.29, 1.82) is 0 Å². The van der Waals surface area contributed by atoms with Crippen LogP contribution in [0.15, 0.2) is 40.6 Å². The van der Waals surface area contributed by atoms with Gasteiger partial charge in [-0.05, 0) is 30.5 Å². The molecule has 2 heterocycles. The van der Waals surface area contributed by atoms with Gasteiger partial charge in [-0.3, -0.25) is 4.90 Å². The number of sulfonamides is 1. The molecular formula is C17H20N2O4S2. The second-order valence-electron chi connectivity index (χ2n) is 6.14. The molecule has 1 aliphatic rings. The number of benzene rings is 1. The fourth-order valence-electron chi connectivity index (χ4n) is 2.91. The van der Waals surface area contributed by atoms with Crippen LogP contribution in [-0.2, 0) is 23.0 Å². The molecule has 134 valence electrons. The van der Waals surface area contributed by atoms with E-state index in [4.69, 9.17) is 5.11 Å². The van der Waals surface area contributed by atoms with E-state index in [1.54, 1.807) is 0 Å². The van der Waals surface area contributed by atoms with E-state index in [0.29, 0.717) is 0 Å². The van der Waals surface area contributed by atoms with Gasteiger partial charge in [0.05, 0.1) is 4.90 Å². The van der Waals surface area contributed by atoms with E-state index in [1.165, 1.54) is 22.6 Å². The number of hydrogen-bond acceptors (Lipinski definition) is 5. The largest absolute Gasteiger partial charge is 0.477 e. The number of carboxylic acids is 1. The molecule has 0 saturated heterocycles. The third-order valence-corrected chi connectivity index (χ3v) is 6.92. The highest BCUT2D eigenvalue weighted by Crippen LogP contribution is 2.21. The average Bonchev–Trinajstić information content (AvgIpc) is 3.11. The minimum atomic E-state index is -3.70. The van der Waals surface area contributed by atoms with Gasteiger partial charge < -0.3 is 5.11 Å². The van der Waals surface area contributed by atoms with Crippen LogP contribution in [0.3, 0.4) is 0 Å². The minimum absolute atomic E-state index is 0.00564. The smallest absolute Gasteiger partial charge is 0.345 e. The number of nitrogens with zero attached hydrogens (tertiary/aromatic N) is 1. The summed E-state index contributed by atoms with van der Waals surface area (Å²) in [6.07, 6.45) is 0.958. The Morgan fingerprint density at radius 1 is 1.36 bits per heavy atom. The quantitative estimate of drug-likeness (QED) is 0.802. The SMILES string of the molecule is CC(CNS(=O)(=O)c1csc(C(=O)O)c1)N1CCc2ccccc2C1. The van der Waals surface area contributed by atoms with Crippen LogP contribution in [0.25, 0.3) is 0 Å². The van der Waals surface area contributed by atoms with Crippen molar-refractivity contribution in [3.05, 3.63) is 51.7 Å². The zero-order chi connectivity index (χ0) is 18.0. The topological polar surface area (TPSA) is 86.7 Å². The van der Waals surface area contributed by atoms with Crippen molar-refractivity contribution in [2.24, 2.45) is 0 Å². The van der Waals surface area contributed by atoms with Crippen molar-refractivity contribution in [2.75, 3.05) is 13.1 Å². The molecular weight excluding hydrogens is 360 g/mol. The zero-order valence-corrected chi connectivity index (χ0v) is 15.4. The van der Waals surface area contributed by atoms with Crippen LogP contribution in [0.4, 0.5) is 0 Å². The van der Waals surface area contributed by atoms with E-state index in [-0.39, 0.29) is 22.4 Å². The Balaban J connectivity index is 1.62. The third kappa shape index (κ3) is 4.09. The van der Waals surface area contributed by atoms with Gasteiger partial charge in [0.15, 0.2) is 0 Å². The number of carboxylic acid groups (broad SMARTS) is 1. The predicted octanol–water partition coefficient (Wildman–Crippen LogP) is 2.17. The highest BCUT2D eigenvalue weighted by atomic mass is 32.2. The molecule has 2 aromatic rings. The summed E-state index contributed by atoms with van der Waals surface area (Å²) in [6.45, 7) is 3.97. The zero-order valence-electron chi connectivity index (χ0n) is 13.8. The summed E-state index contributed by atoms with van der Waals surface area (Å²) in [5.41, 5.74) is 2.64. The van der Waals surface area contributed by atoms with Gasteiger partial charge >= 0.3 is 5.97 Å². The average molecular weight is 380 g/mol. The summed E-state index contributed by atoms with van der Waals surface area (Å²) in [5, 5.41) is 10.3. The van der Waals surface area contributed by atoms with Crippen LogP contribution in [0.5, 0.6) is 0 Å². The summed E-state index contributed by atoms with van der Waals surface area (Å²) in [4.78, 5) is 13.2. The van der Waals surface area contributed by atoms with Crippen molar-refractivity contribution in [3.63, 3.8) is 0 Å². The molecule has 0 spiro atoms.